The van der Waals surface area contributed by atoms with Crippen molar-refractivity contribution in [2.24, 2.45) is 23.2 Å². The molecule has 0 atom stereocenters. The number of aryl methyl sites for hydroxylation is 2. The van der Waals surface area contributed by atoms with Crippen molar-refractivity contribution in [3.63, 3.8) is 0 Å². The Hall–Kier alpha value is -2.04. The molecule has 1 aromatic rings. The summed E-state index contributed by atoms with van der Waals surface area (Å²) < 4.78 is 5.60. The van der Waals surface area contributed by atoms with Gasteiger partial charge in [-0.2, -0.15) is 0 Å². The Kier molecular flexibility index (Phi) is 4.41. The zero-order chi connectivity index (χ0) is 18.3. The van der Waals surface area contributed by atoms with Gasteiger partial charge in [-0.05, 0) is 87.3 Å². The lowest BCUT2D eigenvalue weighted by atomic mass is 9.49. The van der Waals surface area contributed by atoms with E-state index in [1.165, 1.54) is 19.3 Å². The van der Waals surface area contributed by atoms with E-state index in [1.807, 2.05) is 32.0 Å². The van der Waals surface area contributed by atoms with Crippen LogP contribution in [0.5, 0.6) is 5.75 Å². The number of hydrogen-bond donors (Lipinski definition) is 2. The predicted molar refractivity (Wildman–Crippen MR) is 98.3 cm³/mol. The molecular formula is C21H28N2O3. The van der Waals surface area contributed by atoms with Gasteiger partial charge in [-0.1, -0.05) is 12.1 Å². The Bertz CT molecular complexity index is 693. The fraction of sp³-hybridized carbons (Fsp3) is 0.619. The summed E-state index contributed by atoms with van der Waals surface area (Å²) in [5.41, 5.74) is 7.05. The number of benzene rings is 1. The topological polar surface area (TPSA) is 67.4 Å². The van der Waals surface area contributed by atoms with E-state index in [0.29, 0.717) is 23.5 Å². The molecule has 4 aliphatic rings. The van der Waals surface area contributed by atoms with E-state index in [-0.39, 0.29) is 23.8 Å². The Balaban J connectivity index is 1.29. The number of ether oxygens (including phenoxy) is 1. The summed E-state index contributed by atoms with van der Waals surface area (Å²) >= 11 is 0. The second-order valence-electron chi connectivity index (χ2n) is 8.76. The van der Waals surface area contributed by atoms with Crippen molar-refractivity contribution in [2.45, 2.75) is 52.4 Å². The number of amides is 2. The van der Waals surface area contributed by atoms with Crippen molar-refractivity contribution in [1.82, 2.24) is 10.9 Å². The van der Waals surface area contributed by atoms with Gasteiger partial charge in [0.05, 0.1) is 5.41 Å². The average Bonchev–Trinajstić information content (AvgIpc) is 2.59. The molecule has 4 fully saturated rings. The van der Waals surface area contributed by atoms with E-state index in [0.717, 1.165) is 30.4 Å². The van der Waals surface area contributed by atoms with Gasteiger partial charge in [-0.15, -0.1) is 0 Å². The molecule has 4 bridgehead atoms. The molecule has 26 heavy (non-hydrogen) atoms. The molecule has 4 aliphatic carbocycles. The molecule has 5 rings (SSSR count). The largest absolute Gasteiger partial charge is 0.483 e. The van der Waals surface area contributed by atoms with Crippen molar-refractivity contribution >= 4 is 11.8 Å². The molecule has 0 unspecified atom stereocenters. The first-order valence-corrected chi connectivity index (χ1v) is 9.73. The van der Waals surface area contributed by atoms with Crippen molar-refractivity contribution in [3.05, 3.63) is 29.3 Å². The zero-order valence-corrected chi connectivity index (χ0v) is 15.6. The van der Waals surface area contributed by atoms with Crippen LogP contribution in [0.25, 0.3) is 0 Å². The lowest BCUT2D eigenvalue weighted by Crippen LogP contribution is -2.57. The smallest absolute Gasteiger partial charge is 0.276 e. The van der Waals surface area contributed by atoms with Gasteiger partial charge in [0.1, 0.15) is 5.75 Å². The minimum absolute atomic E-state index is 0.00307. The van der Waals surface area contributed by atoms with Crippen molar-refractivity contribution in [2.75, 3.05) is 6.61 Å². The summed E-state index contributed by atoms with van der Waals surface area (Å²) in [5.74, 6) is 2.48. The van der Waals surface area contributed by atoms with E-state index in [4.69, 9.17) is 4.74 Å². The number of hydrazine groups is 1. The number of rotatable bonds is 4. The van der Waals surface area contributed by atoms with Gasteiger partial charge >= 0.3 is 0 Å². The van der Waals surface area contributed by atoms with Gasteiger partial charge in [-0.25, -0.2) is 0 Å². The number of nitrogens with one attached hydrogen (secondary N) is 2. The van der Waals surface area contributed by atoms with Gasteiger partial charge in [-0.3, -0.25) is 20.4 Å². The van der Waals surface area contributed by atoms with Crippen molar-refractivity contribution in [1.29, 1.82) is 0 Å². The number of hydrogen-bond acceptors (Lipinski definition) is 3. The van der Waals surface area contributed by atoms with Crippen LogP contribution < -0.4 is 15.6 Å². The lowest BCUT2D eigenvalue weighted by molar-refractivity contribution is -0.149. The summed E-state index contributed by atoms with van der Waals surface area (Å²) in [6.07, 6.45) is 6.84. The Morgan fingerprint density at radius 1 is 1.04 bits per heavy atom. The fourth-order valence-corrected chi connectivity index (χ4v) is 5.69. The van der Waals surface area contributed by atoms with E-state index in [1.54, 1.807) is 0 Å². The van der Waals surface area contributed by atoms with E-state index in [2.05, 4.69) is 10.9 Å². The Morgan fingerprint density at radius 2 is 1.65 bits per heavy atom. The van der Waals surface area contributed by atoms with Crippen LogP contribution in [0.4, 0.5) is 0 Å². The molecule has 0 heterocycles. The molecule has 0 aliphatic heterocycles. The highest BCUT2D eigenvalue weighted by molar-refractivity contribution is 5.86. The molecule has 2 N–H and O–H groups in total. The van der Waals surface area contributed by atoms with Crippen LogP contribution in [0, 0.1) is 37.0 Å². The summed E-state index contributed by atoms with van der Waals surface area (Å²) in [6, 6.07) is 5.89. The highest BCUT2D eigenvalue weighted by Crippen LogP contribution is 2.60. The third-order valence-electron chi connectivity index (χ3n) is 6.54. The van der Waals surface area contributed by atoms with Crippen LogP contribution in [-0.4, -0.2) is 18.4 Å². The maximum Gasteiger partial charge on any atom is 0.276 e. The van der Waals surface area contributed by atoms with E-state index < -0.39 is 0 Å². The average molecular weight is 356 g/mol. The van der Waals surface area contributed by atoms with Gasteiger partial charge < -0.3 is 4.74 Å². The SMILES string of the molecule is Cc1ccc(C)c(OCC(=O)NNC(=O)C23CC4CC(CC(C4)C2)C3)c1. The van der Waals surface area contributed by atoms with Crippen molar-refractivity contribution < 1.29 is 14.3 Å². The first-order chi connectivity index (χ1) is 12.4. The second-order valence-corrected chi connectivity index (χ2v) is 8.76. The first kappa shape index (κ1) is 17.4. The van der Waals surface area contributed by atoms with Crippen LogP contribution in [-0.2, 0) is 9.59 Å². The highest BCUT2D eigenvalue weighted by atomic mass is 16.5. The molecular weight excluding hydrogens is 328 g/mol. The monoisotopic (exact) mass is 356 g/mol. The molecule has 0 spiro atoms. The predicted octanol–water partition coefficient (Wildman–Crippen LogP) is 3.05. The normalized spacial score (nSPS) is 31.5. The highest BCUT2D eigenvalue weighted by Gasteiger charge is 2.54. The quantitative estimate of drug-likeness (QED) is 0.815. The maximum absolute atomic E-state index is 12.8. The van der Waals surface area contributed by atoms with Gasteiger partial charge in [0, 0.05) is 0 Å². The first-order valence-electron chi connectivity index (χ1n) is 9.73. The van der Waals surface area contributed by atoms with E-state index >= 15 is 0 Å². The summed E-state index contributed by atoms with van der Waals surface area (Å²) in [7, 11) is 0. The minimum Gasteiger partial charge on any atom is -0.483 e. The third-order valence-corrected chi connectivity index (χ3v) is 6.54. The van der Waals surface area contributed by atoms with Gasteiger partial charge in [0.2, 0.25) is 5.91 Å². The molecule has 2 amide bonds. The number of carbonyl (C=O) groups is 2. The summed E-state index contributed by atoms with van der Waals surface area (Å²) in [6.45, 7) is 3.82. The number of carbonyl (C=O) groups excluding carboxylic acids is 2. The Morgan fingerprint density at radius 3 is 2.27 bits per heavy atom. The molecule has 0 radical (unpaired) electrons. The van der Waals surface area contributed by atoms with Crippen LogP contribution in [0.15, 0.2) is 18.2 Å². The molecule has 0 saturated heterocycles. The molecule has 5 heteroatoms. The van der Waals surface area contributed by atoms with Crippen molar-refractivity contribution in [3.8, 4) is 5.75 Å². The summed E-state index contributed by atoms with van der Waals surface area (Å²) in [4.78, 5) is 24.9. The van der Waals surface area contributed by atoms with Crippen LogP contribution >= 0.6 is 0 Å². The fourth-order valence-electron chi connectivity index (χ4n) is 5.69. The Labute approximate surface area is 154 Å². The molecule has 1 aromatic carbocycles. The van der Waals surface area contributed by atoms with Crippen LogP contribution in [0.1, 0.15) is 49.7 Å². The molecule has 0 aromatic heterocycles. The molecule has 4 saturated carbocycles. The van der Waals surface area contributed by atoms with Crippen LogP contribution in [0.2, 0.25) is 0 Å². The molecule has 140 valence electrons. The van der Waals surface area contributed by atoms with Gasteiger partial charge in [0.15, 0.2) is 6.61 Å². The standard InChI is InChI=1S/C21H28N2O3/c1-13-3-4-14(2)18(5-13)26-12-19(24)22-23-20(25)21-9-15-6-16(10-21)8-17(7-15)11-21/h3-5,15-17H,6-12H2,1-2H3,(H,22,24)(H,23,25). The summed E-state index contributed by atoms with van der Waals surface area (Å²) in [5, 5.41) is 0. The second kappa shape index (κ2) is 6.60. The molecule has 5 nitrogen and oxygen atoms in total. The lowest BCUT2D eigenvalue weighted by Gasteiger charge is -2.55. The maximum atomic E-state index is 12.8. The van der Waals surface area contributed by atoms with Gasteiger partial charge in [0.25, 0.3) is 5.91 Å². The minimum atomic E-state index is -0.330. The van der Waals surface area contributed by atoms with Crippen LogP contribution in [0.3, 0.4) is 0 Å². The third kappa shape index (κ3) is 3.31. The zero-order valence-electron chi connectivity index (χ0n) is 15.6. The van der Waals surface area contributed by atoms with E-state index in [9.17, 15) is 9.59 Å².